The summed E-state index contributed by atoms with van der Waals surface area (Å²) in [4.78, 5) is 24.6. The molecule has 0 saturated heterocycles. The van der Waals surface area contributed by atoms with Crippen molar-refractivity contribution in [2.24, 2.45) is 11.3 Å². The maximum atomic E-state index is 14.8. The highest BCUT2D eigenvalue weighted by atomic mass is 31.2. The molecule has 1 unspecified atom stereocenters. The normalized spacial score (nSPS) is 18.5. The van der Waals surface area contributed by atoms with Gasteiger partial charge in [-0.25, -0.2) is 23.5 Å². The third-order valence-electron chi connectivity index (χ3n) is 9.56. The fourth-order valence-electron chi connectivity index (χ4n) is 7.06. The highest BCUT2D eigenvalue weighted by Gasteiger charge is 2.59. The van der Waals surface area contributed by atoms with E-state index < -0.39 is 43.9 Å². The molecule has 3 aliphatic carbocycles. The summed E-state index contributed by atoms with van der Waals surface area (Å²) < 4.78 is 53.1. The molecule has 1 amide bonds. The van der Waals surface area contributed by atoms with Gasteiger partial charge in [-0.05, 0) is 97.3 Å². The summed E-state index contributed by atoms with van der Waals surface area (Å²) in [5, 5.41) is 33.4. The van der Waals surface area contributed by atoms with Crippen molar-refractivity contribution >= 4 is 36.2 Å². The van der Waals surface area contributed by atoms with Gasteiger partial charge in [-0.3, -0.25) is 18.9 Å². The fourth-order valence-corrected chi connectivity index (χ4v) is 8.73. The van der Waals surface area contributed by atoms with E-state index in [9.17, 15) is 24.3 Å². The first kappa shape index (κ1) is 41.6. The predicted octanol–water partition coefficient (Wildman–Crippen LogP) is 8.82. The molecule has 1 N–H and O–H groups in total. The summed E-state index contributed by atoms with van der Waals surface area (Å²) in [6.07, 6.45) is 5.02. The fraction of sp³-hybridized carbons (Fsp3) is 0.525. The van der Waals surface area contributed by atoms with Crippen LogP contribution in [-0.2, 0) is 28.4 Å². The Morgan fingerprint density at radius 1 is 1.05 bits per heavy atom. The zero-order valence-corrected chi connectivity index (χ0v) is 34.9. The Morgan fingerprint density at radius 3 is 2.25 bits per heavy atom. The van der Waals surface area contributed by atoms with Crippen LogP contribution in [0.4, 0.5) is 20.6 Å². The van der Waals surface area contributed by atoms with Crippen LogP contribution in [0, 0.1) is 46.9 Å². The van der Waals surface area contributed by atoms with E-state index in [2.05, 4.69) is 37.7 Å². The lowest BCUT2D eigenvalue weighted by Gasteiger charge is -2.61. The number of benzene rings is 1. The van der Waals surface area contributed by atoms with Crippen LogP contribution in [0.5, 0.6) is 0 Å². The zero-order chi connectivity index (χ0) is 41.7. The molecule has 0 aliphatic heterocycles. The number of ether oxygens (including phenoxy) is 1. The Kier molecular flexibility index (Phi) is 11.0. The van der Waals surface area contributed by atoms with Gasteiger partial charge < -0.3 is 10.1 Å². The second-order valence-electron chi connectivity index (χ2n) is 18.0. The van der Waals surface area contributed by atoms with Gasteiger partial charge in [0.1, 0.15) is 23.9 Å². The smallest absolute Gasteiger partial charge is 0.421 e. The number of nitrogens with zero attached hydrogens (tertiary/aromatic N) is 8. The number of aryl methyl sites for hydroxylation is 1. The number of nitrogens with one attached hydrogen (secondary N) is 1. The van der Waals surface area contributed by atoms with E-state index in [-0.39, 0.29) is 33.5 Å². The van der Waals surface area contributed by atoms with Gasteiger partial charge in [0.05, 0.1) is 51.0 Å². The number of nitriles is 2. The predicted molar refractivity (Wildman–Crippen MR) is 209 cm³/mol. The first-order valence-electron chi connectivity index (χ1n) is 18.7. The minimum absolute atomic E-state index is 0.0896. The molecular weight excluding hydrogens is 752 g/mol. The van der Waals surface area contributed by atoms with Gasteiger partial charge in [0.2, 0.25) is 12.7 Å². The molecule has 1 atom stereocenters. The van der Waals surface area contributed by atoms with Crippen LogP contribution in [0.3, 0.4) is 0 Å². The molecule has 3 aliphatic rings. The molecule has 2 bridgehead atoms. The van der Waals surface area contributed by atoms with Gasteiger partial charge in [-0.2, -0.15) is 14.9 Å². The topological polar surface area (TPSA) is 190 Å². The molecule has 15 nitrogen and oxygen atoms in total. The van der Waals surface area contributed by atoms with E-state index in [4.69, 9.17) is 18.3 Å². The second-order valence-corrected chi connectivity index (χ2v) is 19.5. The third-order valence-corrected chi connectivity index (χ3v) is 11.5. The summed E-state index contributed by atoms with van der Waals surface area (Å²) in [5.41, 5.74) is -0.211. The number of phosphoric acid groups is 1. The highest BCUT2D eigenvalue weighted by Crippen LogP contribution is 2.62. The Morgan fingerprint density at radius 2 is 1.70 bits per heavy atom. The van der Waals surface area contributed by atoms with Crippen molar-refractivity contribution < 1.29 is 32.1 Å². The number of amides is 1. The number of rotatable bonds is 12. The van der Waals surface area contributed by atoms with E-state index in [0.717, 1.165) is 19.3 Å². The lowest BCUT2D eigenvalue weighted by atomic mass is 9.50. The van der Waals surface area contributed by atoms with Crippen LogP contribution >= 0.6 is 7.82 Å². The molecule has 3 fully saturated rings. The van der Waals surface area contributed by atoms with Crippen LogP contribution in [-0.4, -0.2) is 55.6 Å². The molecule has 17 heteroatoms. The Labute approximate surface area is 332 Å². The van der Waals surface area contributed by atoms with Crippen LogP contribution in [0.1, 0.15) is 116 Å². The van der Waals surface area contributed by atoms with E-state index in [1.54, 1.807) is 60.7 Å². The number of anilines is 2. The maximum Gasteiger partial charge on any atom is 0.478 e. The van der Waals surface area contributed by atoms with Crippen LogP contribution in [0.15, 0.2) is 36.7 Å². The molecule has 1 aromatic carbocycles. The second kappa shape index (κ2) is 15.1. The first-order chi connectivity index (χ1) is 26.5. The number of aromatic nitrogens is 5. The minimum atomic E-state index is -4.33. The maximum absolute atomic E-state index is 14.8. The van der Waals surface area contributed by atoms with Gasteiger partial charge in [0, 0.05) is 29.4 Å². The number of fused-ring (bicyclic) bond motifs is 1. The van der Waals surface area contributed by atoms with Gasteiger partial charge in [-0.15, -0.1) is 5.10 Å². The van der Waals surface area contributed by atoms with E-state index in [1.807, 2.05) is 25.5 Å². The van der Waals surface area contributed by atoms with Crippen molar-refractivity contribution in [3.63, 3.8) is 0 Å². The lowest BCUT2D eigenvalue weighted by molar-refractivity contribution is -0.0989. The van der Waals surface area contributed by atoms with Crippen molar-refractivity contribution in [1.82, 2.24) is 25.0 Å². The number of hydrogen-bond donors (Lipinski definition) is 1. The van der Waals surface area contributed by atoms with Crippen LogP contribution in [0.25, 0.3) is 10.9 Å². The molecule has 3 saturated carbocycles. The van der Waals surface area contributed by atoms with Gasteiger partial charge >= 0.3 is 13.9 Å². The quantitative estimate of drug-likeness (QED) is 0.0813. The third kappa shape index (κ3) is 9.10. The molecule has 3 aromatic heterocycles. The van der Waals surface area contributed by atoms with Crippen molar-refractivity contribution in [2.75, 3.05) is 23.6 Å². The highest BCUT2D eigenvalue weighted by molar-refractivity contribution is 7.48. The van der Waals surface area contributed by atoms with Crippen molar-refractivity contribution in [2.45, 2.75) is 111 Å². The van der Waals surface area contributed by atoms with Crippen molar-refractivity contribution in [3.8, 4) is 12.1 Å². The summed E-state index contributed by atoms with van der Waals surface area (Å²) in [6.45, 7) is 17.3. The van der Waals surface area contributed by atoms with E-state index in [0.29, 0.717) is 40.3 Å². The van der Waals surface area contributed by atoms with Gasteiger partial charge in [0.15, 0.2) is 0 Å². The number of pyridine rings is 2. The van der Waals surface area contributed by atoms with E-state index >= 15 is 0 Å². The average Bonchev–Trinajstić information content (AvgIpc) is 3.51. The molecule has 3 heterocycles. The summed E-state index contributed by atoms with van der Waals surface area (Å²) in [5.74, 6) is -0.0930. The first-order valence-corrected chi connectivity index (χ1v) is 20.2. The van der Waals surface area contributed by atoms with E-state index in [1.165, 1.54) is 29.3 Å². The molecular formula is C40H49FN9O6P. The Balaban J connectivity index is 1.52. The van der Waals surface area contributed by atoms with Crippen LogP contribution < -0.4 is 10.2 Å². The summed E-state index contributed by atoms with van der Waals surface area (Å²) in [6, 6.07) is 8.98. The number of carbonyl (C=O) groups excluding carboxylic acids is 1. The number of halogens is 1. The summed E-state index contributed by atoms with van der Waals surface area (Å²) in [7, 11) is -4.33. The molecule has 0 spiro atoms. The number of carbonyl (C=O) groups is 1. The average molecular weight is 802 g/mol. The molecule has 4 aromatic rings. The number of hydrogen-bond acceptors (Lipinski definition) is 13. The molecule has 302 valence electrons. The van der Waals surface area contributed by atoms with Crippen LogP contribution in [0.2, 0.25) is 0 Å². The number of phosphoric ester groups is 1. The van der Waals surface area contributed by atoms with Crippen molar-refractivity contribution in [3.05, 3.63) is 70.7 Å². The summed E-state index contributed by atoms with van der Waals surface area (Å²) >= 11 is 0. The van der Waals surface area contributed by atoms with Crippen molar-refractivity contribution in [1.29, 1.82) is 10.5 Å². The zero-order valence-electron chi connectivity index (χ0n) is 34.0. The largest absolute Gasteiger partial charge is 0.478 e. The SMILES string of the molecule is Cc1nc(F)ccc1C(c1cn(C23CC(C2)C3)nn1)N(C(=O)OCOP(=O)(OC(C)(C)C)OC(C)(C)C)c1cc(C#N)c2ncc(C#N)c(NCC(C)(C)C)c2c1. The minimum Gasteiger partial charge on any atom is -0.421 e. The molecule has 0 radical (unpaired) electrons. The van der Waals surface area contributed by atoms with Gasteiger partial charge in [-0.1, -0.05) is 32.1 Å². The molecule has 7 rings (SSSR count). The molecule has 57 heavy (non-hydrogen) atoms. The lowest BCUT2D eigenvalue weighted by Crippen LogP contribution is -2.59. The van der Waals surface area contributed by atoms with Gasteiger partial charge in [0.25, 0.3) is 0 Å². The monoisotopic (exact) mass is 801 g/mol. The standard InChI is InChI=1S/C40H49FN9O6P/c1-24-29(11-12-32(41)46-24)35(31-21-49(48-47-31)40-15-25(16-40)17-40)50(36(51)53-23-54-57(52,55-38(5,6)7)56-39(8,9)10)28-13-26(18-42)33-30(14-28)34(27(19-43)20-44-33)45-22-37(2,3)4/h11-14,20-21,25,35H,15-17,22-23H2,1-10H3,(H,44,45). The Bertz CT molecular complexity index is 2300. The Hall–Kier alpha value is -4.99.